The van der Waals surface area contributed by atoms with Crippen LogP contribution in [0.25, 0.3) is 0 Å². The van der Waals surface area contributed by atoms with Gasteiger partial charge in [-0.1, -0.05) is 0 Å². The number of hydrogen-bond acceptors (Lipinski definition) is 3. The lowest BCUT2D eigenvalue weighted by molar-refractivity contribution is -0.122. The molecule has 0 radical (unpaired) electrons. The van der Waals surface area contributed by atoms with Gasteiger partial charge in [0.2, 0.25) is 5.91 Å². The van der Waals surface area contributed by atoms with Gasteiger partial charge in [0.1, 0.15) is 0 Å². The van der Waals surface area contributed by atoms with Crippen LogP contribution in [0.5, 0.6) is 0 Å². The Hall–Kier alpha value is -1.36. The Labute approximate surface area is 108 Å². The van der Waals surface area contributed by atoms with Crippen LogP contribution in [-0.2, 0) is 11.3 Å². The second kappa shape index (κ2) is 6.00. The summed E-state index contributed by atoms with van der Waals surface area (Å²) in [5.74, 6) is 0.140. The molecule has 5 nitrogen and oxygen atoms in total. The molecule has 0 aliphatic carbocycles. The van der Waals surface area contributed by atoms with E-state index in [1.807, 2.05) is 11.6 Å². The van der Waals surface area contributed by atoms with Crippen molar-refractivity contribution < 1.29 is 4.79 Å². The lowest BCUT2D eigenvalue weighted by Crippen LogP contribution is -2.40. The highest BCUT2D eigenvalue weighted by molar-refractivity contribution is 5.81. The first-order valence-electron chi connectivity index (χ1n) is 6.69. The molecule has 100 valence electrons. The summed E-state index contributed by atoms with van der Waals surface area (Å²) in [6, 6.07) is 2.10. The molecule has 1 saturated heterocycles. The van der Waals surface area contributed by atoms with E-state index in [1.165, 1.54) is 5.69 Å². The first-order valence-corrected chi connectivity index (χ1v) is 6.69. The molecule has 2 N–H and O–H groups in total. The van der Waals surface area contributed by atoms with Crippen molar-refractivity contribution in [2.24, 2.45) is 0 Å². The largest absolute Gasteiger partial charge is 0.355 e. The van der Waals surface area contributed by atoms with Crippen molar-refractivity contribution in [1.29, 1.82) is 0 Å². The summed E-state index contributed by atoms with van der Waals surface area (Å²) in [6.07, 6.45) is 2.98. The molecular weight excluding hydrogens is 228 g/mol. The maximum absolute atomic E-state index is 11.7. The number of aryl methyl sites for hydroxylation is 3. The number of nitrogens with zero attached hydrogens (tertiary/aromatic N) is 2. The molecule has 5 heteroatoms. The molecule has 1 atom stereocenters. The highest BCUT2D eigenvalue weighted by Gasteiger charge is 2.21. The van der Waals surface area contributed by atoms with E-state index in [1.54, 1.807) is 0 Å². The van der Waals surface area contributed by atoms with Crippen molar-refractivity contribution in [2.75, 3.05) is 13.1 Å². The van der Waals surface area contributed by atoms with Crippen LogP contribution in [0.15, 0.2) is 6.07 Å². The molecule has 1 aliphatic rings. The Morgan fingerprint density at radius 1 is 1.61 bits per heavy atom. The first kappa shape index (κ1) is 13.1. The molecule has 1 aliphatic heterocycles. The summed E-state index contributed by atoms with van der Waals surface area (Å²) in [6.45, 7) is 6.59. The molecular formula is C13H22N4O. The number of nitrogens with one attached hydrogen (secondary N) is 2. The molecule has 2 heterocycles. The highest BCUT2D eigenvalue weighted by atomic mass is 16.2. The van der Waals surface area contributed by atoms with Crippen LogP contribution in [0.2, 0.25) is 0 Å². The minimum Gasteiger partial charge on any atom is -0.355 e. The Bertz CT molecular complexity index is 407. The van der Waals surface area contributed by atoms with Gasteiger partial charge in [0.25, 0.3) is 0 Å². The van der Waals surface area contributed by atoms with Gasteiger partial charge in [-0.15, -0.1) is 0 Å². The van der Waals surface area contributed by atoms with Crippen LogP contribution in [0.4, 0.5) is 0 Å². The predicted octanol–water partition coefficient (Wildman–Crippen LogP) is 0.758. The average Bonchev–Trinajstić information content (AvgIpc) is 2.94. The lowest BCUT2D eigenvalue weighted by atomic mass is 10.2. The van der Waals surface area contributed by atoms with E-state index in [0.29, 0.717) is 0 Å². The number of aromatic nitrogens is 2. The van der Waals surface area contributed by atoms with E-state index in [9.17, 15) is 4.79 Å². The zero-order valence-corrected chi connectivity index (χ0v) is 11.2. The molecule has 0 saturated carbocycles. The van der Waals surface area contributed by atoms with Gasteiger partial charge >= 0.3 is 0 Å². The Morgan fingerprint density at radius 2 is 2.44 bits per heavy atom. The van der Waals surface area contributed by atoms with Crippen molar-refractivity contribution in [2.45, 2.75) is 45.7 Å². The predicted molar refractivity (Wildman–Crippen MR) is 70.4 cm³/mol. The molecule has 1 aromatic rings. The van der Waals surface area contributed by atoms with Crippen LogP contribution in [0, 0.1) is 13.8 Å². The summed E-state index contributed by atoms with van der Waals surface area (Å²) < 4.78 is 2.00. The first-order chi connectivity index (χ1) is 8.66. The third kappa shape index (κ3) is 3.32. The second-order valence-corrected chi connectivity index (χ2v) is 4.94. The molecule has 1 aromatic heterocycles. The molecule has 1 fully saturated rings. The second-order valence-electron chi connectivity index (χ2n) is 4.94. The van der Waals surface area contributed by atoms with E-state index in [-0.39, 0.29) is 11.9 Å². The van der Waals surface area contributed by atoms with Crippen molar-refractivity contribution in [3.8, 4) is 0 Å². The van der Waals surface area contributed by atoms with Gasteiger partial charge in [0.15, 0.2) is 0 Å². The molecule has 0 aromatic carbocycles. The standard InChI is InChI=1S/C13H22N4O/c1-10-9-11(2)17(16-10)8-4-7-15-13(18)12-5-3-6-14-12/h9,12,14H,3-8H2,1-2H3,(H,15,18)/t12-/m0/s1. The third-order valence-corrected chi connectivity index (χ3v) is 3.33. The molecule has 0 unspecified atom stereocenters. The SMILES string of the molecule is Cc1cc(C)n(CCCNC(=O)[C@@H]2CCCN2)n1. The van der Waals surface area contributed by atoms with Crippen LogP contribution < -0.4 is 10.6 Å². The van der Waals surface area contributed by atoms with Crippen molar-refractivity contribution in [3.05, 3.63) is 17.5 Å². The topological polar surface area (TPSA) is 59.0 Å². The zero-order valence-electron chi connectivity index (χ0n) is 11.2. The Balaban J connectivity index is 1.66. The summed E-state index contributed by atoms with van der Waals surface area (Å²) in [7, 11) is 0. The fourth-order valence-electron chi connectivity index (χ4n) is 2.37. The maximum Gasteiger partial charge on any atom is 0.237 e. The van der Waals surface area contributed by atoms with Crippen LogP contribution in [-0.4, -0.2) is 34.8 Å². The number of carbonyl (C=O) groups excluding carboxylic acids is 1. The molecule has 18 heavy (non-hydrogen) atoms. The number of hydrogen-bond donors (Lipinski definition) is 2. The fraction of sp³-hybridized carbons (Fsp3) is 0.692. The quantitative estimate of drug-likeness (QED) is 0.758. The number of amides is 1. The van der Waals surface area contributed by atoms with Gasteiger partial charge in [-0.2, -0.15) is 5.10 Å². The average molecular weight is 250 g/mol. The van der Waals surface area contributed by atoms with Crippen molar-refractivity contribution in [1.82, 2.24) is 20.4 Å². The minimum absolute atomic E-state index is 0.0266. The van der Waals surface area contributed by atoms with Gasteiger partial charge in [0, 0.05) is 18.8 Å². The van der Waals surface area contributed by atoms with Crippen molar-refractivity contribution in [3.63, 3.8) is 0 Å². The highest BCUT2D eigenvalue weighted by Crippen LogP contribution is 2.05. The van der Waals surface area contributed by atoms with Crippen LogP contribution in [0.1, 0.15) is 30.7 Å². The monoisotopic (exact) mass is 250 g/mol. The number of rotatable bonds is 5. The van der Waals surface area contributed by atoms with Gasteiger partial charge < -0.3 is 10.6 Å². The summed E-state index contributed by atoms with van der Waals surface area (Å²) in [5.41, 5.74) is 2.22. The van der Waals surface area contributed by atoms with Gasteiger partial charge in [-0.25, -0.2) is 0 Å². The van der Waals surface area contributed by atoms with E-state index in [4.69, 9.17) is 0 Å². The van der Waals surface area contributed by atoms with E-state index in [2.05, 4.69) is 28.7 Å². The van der Waals surface area contributed by atoms with Gasteiger partial charge in [-0.3, -0.25) is 9.48 Å². The van der Waals surface area contributed by atoms with Crippen LogP contribution >= 0.6 is 0 Å². The maximum atomic E-state index is 11.7. The number of carbonyl (C=O) groups is 1. The Morgan fingerprint density at radius 3 is 3.06 bits per heavy atom. The molecule has 0 spiro atoms. The van der Waals surface area contributed by atoms with E-state index in [0.717, 1.165) is 44.6 Å². The van der Waals surface area contributed by atoms with Crippen molar-refractivity contribution >= 4 is 5.91 Å². The third-order valence-electron chi connectivity index (χ3n) is 3.33. The Kier molecular flexibility index (Phi) is 4.36. The molecule has 1 amide bonds. The van der Waals surface area contributed by atoms with E-state index < -0.39 is 0 Å². The summed E-state index contributed by atoms with van der Waals surface area (Å²) in [4.78, 5) is 11.7. The van der Waals surface area contributed by atoms with E-state index >= 15 is 0 Å². The zero-order chi connectivity index (χ0) is 13.0. The summed E-state index contributed by atoms with van der Waals surface area (Å²) in [5, 5.41) is 10.6. The fourth-order valence-corrected chi connectivity index (χ4v) is 2.37. The minimum atomic E-state index is 0.0266. The van der Waals surface area contributed by atoms with Gasteiger partial charge in [-0.05, 0) is 45.7 Å². The van der Waals surface area contributed by atoms with Crippen LogP contribution in [0.3, 0.4) is 0 Å². The molecule has 0 bridgehead atoms. The smallest absolute Gasteiger partial charge is 0.237 e. The normalized spacial score (nSPS) is 19.1. The summed E-state index contributed by atoms with van der Waals surface area (Å²) >= 11 is 0. The molecule has 2 rings (SSSR count). The lowest BCUT2D eigenvalue weighted by Gasteiger charge is -2.11. The van der Waals surface area contributed by atoms with Gasteiger partial charge in [0.05, 0.1) is 11.7 Å².